The van der Waals surface area contributed by atoms with E-state index in [1.165, 1.54) is 10.5 Å². The van der Waals surface area contributed by atoms with Gasteiger partial charge in [-0.3, -0.25) is 0 Å². The third-order valence-electron chi connectivity index (χ3n) is 5.88. The lowest BCUT2D eigenvalue weighted by Gasteiger charge is -2.29. The maximum absolute atomic E-state index is 12.0. The van der Waals surface area contributed by atoms with E-state index < -0.39 is 0 Å². The molecule has 1 saturated heterocycles. The molecule has 0 unspecified atom stereocenters. The standard InChI is InChI=1S/C24H28N2O3/c1-2-19-8-9-22-20(17-24(27)29-23(22)16-19)18-26-12-10-25(11-13-26)14-15-28-21-6-4-3-5-7-21/h3-9,16-17H,2,10-15,18H2,1H3/p+2. The third kappa shape index (κ3) is 5.05. The molecule has 5 heteroatoms. The van der Waals surface area contributed by atoms with Gasteiger partial charge in [-0.25, -0.2) is 4.79 Å². The van der Waals surface area contributed by atoms with Crippen molar-refractivity contribution in [2.24, 2.45) is 0 Å². The number of aryl methyl sites for hydroxylation is 1. The minimum atomic E-state index is -0.248. The van der Waals surface area contributed by atoms with Crippen LogP contribution in [0.1, 0.15) is 18.1 Å². The van der Waals surface area contributed by atoms with Gasteiger partial charge in [0.25, 0.3) is 0 Å². The zero-order valence-corrected chi connectivity index (χ0v) is 17.1. The van der Waals surface area contributed by atoms with Crippen LogP contribution in [-0.4, -0.2) is 39.3 Å². The zero-order chi connectivity index (χ0) is 20.1. The van der Waals surface area contributed by atoms with Crippen molar-refractivity contribution in [3.8, 4) is 5.75 Å². The van der Waals surface area contributed by atoms with Gasteiger partial charge >= 0.3 is 5.63 Å². The summed E-state index contributed by atoms with van der Waals surface area (Å²) in [6, 6.07) is 17.9. The maximum Gasteiger partial charge on any atom is 0.336 e. The van der Waals surface area contributed by atoms with Crippen LogP contribution in [0.25, 0.3) is 11.0 Å². The molecule has 0 atom stereocenters. The molecule has 1 aliphatic heterocycles. The first-order valence-corrected chi connectivity index (χ1v) is 10.6. The fraction of sp³-hybridized carbons (Fsp3) is 0.375. The highest BCUT2D eigenvalue weighted by atomic mass is 16.5. The summed E-state index contributed by atoms with van der Waals surface area (Å²) in [6.07, 6.45) is 0.938. The molecule has 0 radical (unpaired) electrons. The van der Waals surface area contributed by atoms with E-state index in [0.717, 1.165) is 69.0 Å². The molecule has 1 aromatic heterocycles. The Kier molecular flexibility index (Phi) is 6.27. The Labute approximate surface area is 171 Å². The monoisotopic (exact) mass is 394 g/mol. The van der Waals surface area contributed by atoms with Gasteiger partial charge in [0.15, 0.2) is 0 Å². The van der Waals surface area contributed by atoms with Gasteiger partial charge in [0.05, 0.1) is 0 Å². The van der Waals surface area contributed by atoms with E-state index in [1.54, 1.807) is 11.0 Å². The van der Waals surface area contributed by atoms with Crippen LogP contribution in [0.15, 0.2) is 63.8 Å². The average Bonchev–Trinajstić information content (AvgIpc) is 2.75. The van der Waals surface area contributed by atoms with Crippen LogP contribution in [0.5, 0.6) is 5.75 Å². The number of piperazine rings is 1. The lowest BCUT2D eigenvalue weighted by atomic mass is 10.1. The van der Waals surface area contributed by atoms with E-state index in [4.69, 9.17) is 9.15 Å². The summed E-state index contributed by atoms with van der Waals surface area (Å²) in [7, 11) is 0. The van der Waals surface area contributed by atoms with Crippen molar-refractivity contribution in [2.45, 2.75) is 19.9 Å². The number of ether oxygens (including phenoxy) is 1. The van der Waals surface area contributed by atoms with E-state index in [9.17, 15) is 4.79 Å². The molecule has 1 aliphatic rings. The smallest absolute Gasteiger partial charge is 0.336 e. The average molecular weight is 395 g/mol. The van der Waals surface area contributed by atoms with Gasteiger partial charge in [0, 0.05) is 17.0 Å². The van der Waals surface area contributed by atoms with Crippen LogP contribution in [0.3, 0.4) is 0 Å². The molecule has 3 aromatic rings. The molecule has 29 heavy (non-hydrogen) atoms. The van der Waals surface area contributed by atoms with E-state index >= 15 is 0 Å². The number of hydrogen-bond acceptors (Lipinski definition) is 3. The lowest BCUT2D eigenvalue weighted by Crippen LogP contribution is -3.27. The first-order valence-electron chi connectivity index (χ1n) is 10.6. The molecule has 0 aliphatic carbocycles. The Hall–Kier alpha value is -2.63. The molecule has 1 fully saturated rings. The summed E-state index contributed by atoms with van der Waals surface area (Å²) in [6.45, 7) is 9.24. The van der Waals surface area contributed by atoms with Gasteiger partial charge in [0.1, 0.15) is 57.2 Å². The molecule has 2 heterocycles. The number of para-hydroxylation sites is 1. The third-order valence-corrected chi connectivity index (χ3v) is 5.88. The number of rotatable bonds is 7. The topological polar surface area (TPSA) is 48.3 Å². The molecule has 0 spiro atoms. The minimum absolute atomic E-state index is 0.248. The summed E-state index contributed by atoms with van der Waals surface area (Å²) < 4.78 is 11.3. The molecule has 0 saturated carbocycles. The molecule has 0 bridgehead atoms. The lowest BCUT2D eigenvalue weighted by molar-refractivity contribution is -1.02. The molecule has 0 amide bonds. The van der Waals surface area contributed by atoms with Crippen LogP contribution in [0, 0.1) is 0 Å². The predicted molar refractivity (Wildman–Crippen MR) is 114 cm³/mol. The number of benzene rings is 2. The molecular formula is C24H30N2O3+2. The molecule has 2 N–H and O–H groups in total. The highest BCUT2D eigenvalue weighted by Crippen LogP contribution is 2.18. The van der Waals surface area contributed by atoms with Crippen molar-refractivity contribution in [1.29, 1.82) is 0 Å². The summed E-state index contributed by atoms with van der Waals surface area (Å²) in [5.74, 6) is 0.942. The highest BCUT2D eigenvalue weighted by Gasteiger charge is 2.24. The summed E-state index contributed by atoms with van der Waals surface area (Å²) >= 11 is 0. The largest absolute Gasteiger partial charge is 0.488 e. The molecule has 4 rings (SSSR count). The van der Waals surface area contributed by atoms with Gasteiger partial charge in [0.2, 0.25) is 0 Å². The van der Waals surface area contributed by atoms with Gasteiger partial charge in [-0.05, 0) is 30.2 Å². The second-order valence-corrected chi connectivity index (χ2v) is 7.86. The van der Waals surface area contributed by atoms with Crippen LogP contribution in [0.2, 0.25) is 0 Å². The number of quaternary nitrogens is 2. The Morgan fingerprint density at radius 1 is 0.966 bits per heavy atom. The van der Waals surface area contributed by atoms with Gasteiger partial charge < -0.3 is 19.0 Å². The zero-order valence-electron chi connectivity index (χ0n) is 17.1. The minimum Gasteiger partial charge on any atom is -0.488 e. The van der Waals surface area contributed by atoms with E-state index in [-0.39, 0.29) is 5.63 Å². The van der Waals surface area contributed by atoms with Gasteiger partial charge in [-0.2, -0.15) is 0 Å². The first kappa shape index (κ1) is 19.7. The van der Waals surface area contributed by atoms with Crippen molar-refractivity contribution in [3.05, 3.63) is 76.1 Å². The fourth-order valence-electron chi connectivity index (χ4n) is 4.12. The molecule has 5 nitrogen and oxygen atoms in total. The maximum atomic E-state index is 12.0. The van der Waals surface area contributed by atoms with E-state index in [2.05, 4.69) is 19.1 Å². The Balaban J connectivity index is 1.32. The predicted octanol–water partition coefficient (Wildman–Crippen LogP) is 0.718. The summed E-state index contributed by atoms with van der Waals surface area (Å²) in [5, 5.41) is 1.07. The summed E-state index contributed by atoms with van der Waals surface area (Å²) in [4.78, 5) is 15.2. The Bertz CT molecular complexity index is 992. The highest BCUT2D eigenvalue weighted by molar-refractivity contribution is 5.80. The Morgan fingerprint density at radius 2 is 1.72 bits per heavy atom. The fourth-order valence-corrected chi connectivity index (χ4v) is 4.12. The first-order chi connectivity index (χ1) is 14.2. The van der Waals surface area contributed by atoms with Crippen LogP contribution < -0.4 is 20.2 Å². The molecular weight excluding hydrogens is 364 g/mol. The van der Waals surface area contributed by atoms with E-state index in [1.807, 2.05) is 36.4 Å². The number of hydrogen-bond donors (Lipinski definition) is 2. The van der Waals surface area contributed by atoms with Crippen molar-refractivity contribution in [3.63, 3.8) is 0 Å². The van der Waals surface area contributed by atoms with Crippen LogP contribution in [0.4, 0.5) is 0 Å². The van der Waals surface area contributed by atoms with Crippen molar-refractivity contribution >= 4 is 11.0 Å². The van der Waals surface area contributed by atoms with E-state index in [0.29, 0.717) is 5.58 Å². The number of nitrogens with one attached hydrogen (secondary N) is 2. The van der Waals surface area contributed by atoms with Crippen LogP contribution in [-0.2, 0) is 13.0 Å². The van der Waals surface area contributed by atoms with Crippen molar-refractivity contribution < 1.29 is 19.0 Å². The summed E-state index contributed by atoms with van der Waals surface area (Å²) in [5.41, 5.74) is 2.76. The second-order valence-electron chi connectivity index (χ2n) is 7.86. The van der Waals surface area contributed by atoms with Crippen LogP contribution >= 0.6 is 0 Å². The molecule has 152 valence electrons. The van der Waals surface area contributed by atoms with Gasteiger partial charge in [-0.1, -0.05) is 37.3 Å². The van der Waals surface area contributed by atoms with Crippen molar-refractivity contribution in [1.82, 2.24) is 0 Å². The number of fused-ring (bicyclic) bond motifs is 1. The SMILES string of the molecule is CCc1ccc2c(C[NH+]3CC[NH+](CCOc4ccccc4)CC3)cc(=O)oc2c1. The second kappa shape index (κ2) is 9.25. The Morgan fingerprint density at radius 3 is 2.48 bits per heavy atom. The van der Waals surface area contributed by atoms with Crippen molar-refractivity contribution in [2.75, 3.05) is 39.3 Å². The molecule has 2 aromatic carbocycles. The quantitative estimate of drug-likeness (QED) is 0.581. The normalized spacial score (nSPS) is 19.3. The van der Waals surface area contributed by atoms with Gasteiger partial charge in [-0.15, -0.1) is 0 Å².